The summed E-state index contributed by atoms with van der Waals surface area (Å²) >= 11 is 0. The zero-order valence-corrected chi connectivity index (χ0v) is 14.1. The summed E-state index contributed by atoms with van der Waals surface area (Å²) in [4.78, 5) is 11.6. The van der Waals surface area contributed by atoms with Gasteiger partial charge in [0, 0.05) is 5.56 Å². The van der Waals surface area contributed by atoms with E-state index in [2.05, 4.69) is 11.3 Å². The molecule has 0 saturated carbocycles. The minimum absolute atomic E-state index is 0.199. The summed E-state index contributed by atoms with van der Waals surface area (Å²) in [5.74, 6) is 0.752. The molecule has 0 radical (unpaired) electrons. The molecule has 0 unspecified atom stereocenters. The van der Waals surface area contributed by atoms with Gasteiger partial charge < -0.3 is 9.47 Å². The van der Waals surface area contributed by atoms with Crippen LogP contribution in [-0.2, 0) is 11.3 Å². The third kappa shape index (κ3) is 3.94. The van der Waals surface area contributed by atoms with Crippen LogP contribution in [0.3, 0.4) is 0 Å². The molecule has 0 aromatic heterocycles. The smallest absolute Gasteiger partial charge is 0.438 e. The molecule has 5 heteroatoms. The number of anilines is 1. The van der Waals surface area contributed by atoms with E-state index in [1.54, 1.807) is 18.2 Å². The van der Waals surface area contributed by atoms with Crippen molar-refractivity contribution < 1.29 is 19.5 Å². The monoisotopic (exact) mass is 327 g/mol. The fourth-order valence-electron chi connectivity index (χ4n) is 2.33. The summed E-state index contributed by atoms with van der Waals surface area (Å²) in [6, 6.07) is 11.2. The van der Waals surface area contributed by atoms with Crippen LogP contribution in [0, 0.1) is 13.8 Å². The van der Waals surface area contributed by atoms with Crippen molar-refractivity contribution in [3.63, 3.8) is 0 Å². The van der Waals surface area contributed by atoms with E-state index >= 15 is 0 Å². The molecular formula is C19H21NO4. The van der Waals surface area contributed by atoms with Gasteiger partial charge in [-0.25, -0.2) is 4.79 Å². The Morgan fingerprint density at radius 2 is 2.00 bits per heavy atom. The first kappa shape index (κ1) is 17.6. The maximum atomic E-state index is 11.6. The minimum atomic E-state index is -0.871. The number of nitrogens with zero attached hydrogens (tertiary/aromatic N) is 1. The van der Waals surface area contributed by atoms with Gasteiger partial charge in [-0.2, -0.15) is 5.06 Å². The van der Waals surface area contributed by atoms with Gasteiger partial charge in [-0.05, 0) is 37.1 Å². The van der Waals surface area contributed by atoms with E-state index in [0.717, 1.165) is 22.4 Å². The molecule has 126 valence electrons. The number of hydrogen-bond donors (Lipinski definition) is 1. The highest BCUT2D eigenvalue weighted by molar-refractivity contribution is 5.86. The fourth-order valence-corrected chi connectivity index (χ4v) is 2.33. The Kier molecular flexibility index (Phi) is 5.60. The summed E-state index contributed by atoms with van der Waals surface area (Å²) in [7, 11) is 1.20. The van der Waals surface area contributed by atoms with Crippen molar-refractivity contribution in [1.29, 1.82) is 0 Å². The quantitative estimate of drug-likeness (QED) is 0.649. The molecule has 0 aliphatic heterocycles. The molecule has 0 aliphatic carbocycles. The summed E-state index contributed by atoms with van der Waals surface area (Å²) in [5.41, 5.74) is 3.89. The summed E-state index contributed by atoms with van der Waals surface area (Å²) in [5, 5.41) is 10.5. The van der Waals surface area contributed by atoms with Crippen LogP contribution in [0.5, 0.6) is 5.75 Å². The van der Waals surface area contributed by atoms with Gasteiger partial charge in [-0.3, -0.25) is 5.21 Å². The number of carbonyl (C=O) groups is 1. The Morgan fingerprint density at radius 3 is 2.62 bits per heavy atom. The number of hydroxylamine groups is 1. The van der Waals surface area contributed by atoms with Crippen molar-refractivity contribution in [3.05, 3.63) is 65.2 Å². The molecule has 2 aromatic rings. The second kappa shape index (κ2) is 7.66. The molecule has 2 rings (SSSR count). The van der Waals surface area contributed by atoms with Crippen molar-refractivity contribution in [1.82, 2.24) is 0 Å². The van der Waals surface area contributed by atoms with E-state index in [-0.39, 0.29) is 6.61 Å². The Bertz CT molecular complexity index is 755. The molecule has 0 spiro atoms. The molecule has 1 amide bonds. The first-order valence-electron chi connectivity index (χ1n) is 7.48. The number of carbonyl (C=O) groups excluding carboxylic acids is 1. The average Bonchev–Trinajstić information content (AvgIpc) is 2.59. The molecule has 5 nitrogen and oxygen atoms in total. The van der Waals surface area contributed by atoms with Crippen molar-refractivity contribution in [2.24, 2.45) is 0 Å². The first-order valence-corrected chi connectivity index (χ1v) is 7.48. The molecular weight excluding hydrogens is 306 g/mol. The number of methoxy groups -OCH3 is 1. The van der Waals surface area contributed by atoms with Gasteiger partial charge in [0.05, 0.1) is 12.8 Å². The van der Waals surface area contributed by atoms with E-state index in [9.17, 15) is 10.0 Å². The molecule has 1 N–H and O–H groups in total. The summed E-state index contributed by atoms with van der Waals surface area (Å²) in [6.45, 7) is 7.88. The zero-order valence-electron chi connectivity index (χ0n) is 14.1. The van der Waals surface area contributed by atoms with E-state index in [0.29, 0.717) is 16.3 Å². The van der Waals surface area contributed by atoms with Gasteiger partial charge in [0.25, 0.3) is 0 Å². The lowest BCUT2D eigenvalue weighted by Crippen LogP contribution is -2.28. The van der Waals surface area contributed by atoms with Crippen LogP contribution in [0.15, 0.2) is 43.0 Å². The second-order valence-corrected chi connectivity index (χ2v) is 5.43. The Balaban J connectivity index is 2.28. The lowest BCUT2D eigenvalue weighted by molar-refractivity contribution is 0.140. The minimum Gasteiger partial charge on any atom is -0.489 e. The standard InChI is InChI=1S/C19H21NO4/c1-5-15-7-8-16(17(11-15)20(22)19(21)23-4)12-24-18-9-6-13(2)10-14(18)3/h5-11,22H,1,12H2,2-4H3. The number of amides is 1. The highest BCUT2D eigenvalue weighted by Crippen LogP contribution is 2.26. The van der Waals surface area contributed by atoms with Gasteiger partial charge >= 0.3 is 6.09 Å². The van der Waals surface area contributed by atoms with Crippen LogP contribution in [0.25, 0.3) is 6.08 Å². The molecule has 24 heavy (non-hydrogen) atoms. The summed E-state index contributed by atoms with van der Waals surface area (Å²) < 4.78 is 10.4. The molecule has 0 heterocycles. The number of benzene rings is 2. The highest BCUT2D eigenvalue weighted by Gasteiger charge is 2.18. The van der Waals surface area contributed by atoms with Crippen LogP contribution >= 0.6 is 0 Å². The first-order chi connectivity index (χ1) is 11.5. The van der Waals surface area contributed by atoms with Gasteiger partial charge in [0.2, 0.25) is 0 Å². The molecule has 0 saturated heterocycles. The van der Waals surface area contributed by atoms with Gasteiger partial charge in [0.1, 0.15) is 12.4 Å². The lowest BCUT2D eigenvalue weighted by atomic mass is 10.1. The predicted molar refractivity (Wildman–Crippen MR) is 93.5 cm³/mol. The Morgan fingerprint density at radius 1 is 1.25 bits per heavy atom. The zero-order chi connectivity index (χ0) is 17.7. The van der Waals surface area contributed by atoms with Gasteiger partial charge in [0.15, 0.2) is 0 Å². The third-order valence-electron chi connectivity index (χ3n) is 3.63. The summed E-state index contributed by atoms with van der Waals surface area (Å²) in [6.07, 6.45) is 0.757. The van der Waals surface area contributed by atoms with Crippen LogP contribution in [0.1, 0.15) is 22.3 Å². The van der Waals surface area contributed by atoms with Crippen molar-refractivity contribution >= 4 is 17.9 Å². The number of rotatable bonds is 5. The second-order valence-electron chi connectivity index (χ2n) is 5.43. The highest BCUT2D eigenvalue weighted by atomic mass is 16.6. The average molecular weight is 327 g/mol. The van der Waals surface area contributed by atoms with Crippen LogP contribution in [0.2, 0.25) is 0 Å². The van der Waals surface area contributed by atoms with Gasteiger partial charge in [-0.1, -0.05) is 42.5 Å². The molecule has 0 bridgehead atoms. The maximum absolute atomic E-state index is 11.6. The van der Waals surface area contributed by atoms with Crippen LogP contribution in [0.4, 0.5) is 10.5 Å². The van der Waals surface area contributed by atoms with Crippen molar-refractivity contribution in [2.75, 3.05) is 12.2 Å². The van der Waals surface area contributed by atoms with E-state index in [4.69, 9.17) is 4.74 Å². The van der Waals surface area contributed by atoms with Crippen molar-refractivity contribution in [2.45, 2.75) is 20.5 Å². The number of ether oxygens (including phenoxy) is 2. The molecule has 0 aliphatic rings. The maximum Gasteiger partial charge on any atom is 0.438 e. The topological polar surface area (TPSA) is 59.0 Å². The van der Waals surface area contributed by atoms with E-state index < -0.39 is 6.09 Å². The van der Waals surface area contributed by atoms with E-state index in [1.807, 2.05) is 38.1 Å². The van der Waals surface area contributed by atoms with Gasteiger partial charge in [-0.15, -0.1) is 0 Å². The normalized spacial score (nSPS) is 10.2. The fraction of sp³-hybridized carbons (Fsp3) is 0.211. The predicted octanol–water partition coefficient (Wildman–Crippen LogP) is 4.49. The van der Waals surface area contributed by atoms with Crippen molar-refractivity contribution in [3.8, 4) is 5.75 Å². The SMILES string of the molecule is C=Cc1ccc(COc2ccc(C)cc2C)c(N(O)C(=O)OC)c1. The van der Waals surface area contributed by atoms with Crippen LogP contribution < -0.4 is 9.80 Å². The Hall–Kier alpha value is -2.79. The Labute approximate surface area is 141 Å². The molecule has 0 atom stereocenters. The largest absolute Gasteiger partial charge is 0.489 e. The molecule has 0 fully saturated rings. The third-order valence-corrected chi connectivity index (χ3v) is 3.63. The van der Waals surface area contributed by atoms with E-state index in [1.165, 1.54) is 7.11 Å². The van der Waals surface area contributed by atoms with Crippen LogP contribution in [-0.4, -0.2) is 18.4 Å². The number of aryl methyl sites for hydroxylation is 2. The number of hydrogen-bond acceptors (Lipinski definition) is 4. The molecule has 2 aromatic carbocycles. The lowest BCUT2D eigenvalue weighted by Gasteiger charge is -2.18.